The van der Waals surface area contributed by atoms with Gasteiger partial charge >= 0.3 is 0 Å². The highest BCUT2D eigenvalue weighted by molar-refractivity contribution is 7.88. The topological polar surface area (TPSA) is 66.5 Å². The molecule has 23 heavy (non-hydrogen) atoms. The van der Waals surface area contributed by atoms with E-state index in [0.29, 0.717) is 13.1 Å². The lowest BCUT2D eigenvalue weighted by molar-refractivity contribution is -0.132. The molecule has 0 unspecified atom stereocenters. The van der Waals surface area contributed by atoms with Gasteiger partial charge in [-0.05, 0) is 37.0 Å². The Morgan fingerprint density at radius 3 is 2.83 bits per heavy atom. The highest BCUT2D eigenvalue weighted by Crippen LogP contribution is 2.18. The lowest BCUT2D eigenvalue weighted by Crippen LogP contribution is -2.44. The van der Waals surface area contributed by atoms with Gasteiger partial charge in [0.15, 0.2) is 0 Å². The number of likely N-dealkylation sites (tertiary alicyclic amines) is 1. The fourth-order valence-electron chi connectivity index (χ4n) is 2.68. The number of rotatable bonds is 5. The molecular weight excluding hydrogens is 326 g/mol. The summed E-state index contributed by atoms with van der Waals surface area (Å²) < 4.78 is 51.5. The molecule has 0 saturated carbocycles. The molecule has 1 N–H and O–H groups in total. The van der Waals surface area contributed by atoms with E-state index >= 15 is 0 Å². The number of benzene rings is 1. The first-order valence-electron chi connectivity index (χ1n) is 7.41. The van der Waals surface area contributed by atoms with Crippen molar-refractivity contribution in [3.8, 4) is 0 Å². The number of carbonyl (C=O) groups is 1. The Morgan fingerprint density at radius 1 is 1.39 bits per heavy atom. The number of hydrogen-bond donors (Lipinski definition) is 1. The Morgan fingerprint density at radius 2 is 2.13 bits per heavy atom. The molecule has 1 heterocycles. The molecule has 0 bridgehead atoms. The molecule has 1 aliphatic rings. The van der Waals surface area contributed by atoms with Gasteiger partial charge < -0.3 is 4.90 Å². The number of hydrogen-bond acceptors (Lipinski definition) is 3. The molecule has 128 valence electrons. The van der Waals surface area contributed by atoms with Crippen LogP contribution in [0, 0.1) is 17.6 Å². The Hall–Kier alpha value is -1.54. The van der Waals surface area contributed by atoms with Crippen LogP contribution in [0.3, 0.4) is 0 Å². The smallest absolute Gasteiger partial charge is 0.227 e. The molecule has 1 saturated heterocycles. The fraction of sp³-hybridized carbons (Fsp3) is 0.533. The van der Waals surface area contributed by atoms with E-state index in [1.54, 1.807) is 4.90 Å². The second-order valence-corrected chi connectivity index (χ2v) is 7.71. The van der Waals surface area contributed by atoms with Crippen molar-refractivity contribution >= 4 is 15.9 Å². The van der Waals surface area contributed by atoms with Crippen molar-refractivity contribution in [1.29, 1.82) is 0 Å². The molecule has 1 aromatic rings. The highest BCUT2D eigenvalue weighted by Gasteiger charge is 2.25. The van der Waals surface area contributed by atoms with Crippen LogP contribution in [0.4, 0.5) is 8.78 Å². The summed E-state index contributed by atoms with van der Waals surface area (Å²) >= 11 is 0. The monoisotopic (exact) mass is 346 g/mol. The molecule has 1 amide bonds. The second kappa shape index (κ2) is 7.35. The third kappa shape index (κ3) is 5.54. The van der Waals surface area contributed by atoms with Gasteiger partial charge in [0.1, 0.15) is 11.6 Å². The molecule has 1 aromatic carbocycles. The van der Waals surface area contributed by atoms with Crippen molar-refractivity contribution in [3.05, 3.63) is 35.4 Å². The predicted molar refractivity (Wildman–Crippen MR) is 82.2 cm³/mol. The van der Waals surface area contributed by atoms with Crippen LogP contribution in [-0.2, 0) is 21.2 Å². The number of carbonyl (C=O) groups excluding carboxylic acids is 1. The van der Waals surface area contributed by atoms with Gasteiger partial charge in [0.25, 0.3) is 0 Å². The first kappa shape index (κ1) is 17.8. The van der Waals surface area contributed by atoms with Crippen molar-refractivity contribution in [1.82, 2.24) is 9.62 Å². The van der Waals surface area contributed by atoms with Gasteiger partial charge in [-0.25, -0.2) is 21.9 Å². The minimum atomic E-state index is -3.26. The maximum Gasteiger partial charge on any atom is 0.227 e. The first-order valence-corrected chi connectivity index (χ1v) is 9.30. The van der Waals surface area contributed by atoms with Crippen molar-refractivity contribution in [2.75, 3.05) is 25.9 Å². The Kier molecular flexibility index (Phi) is 5.69. The lowest BCUT2D eigenvalue weighted by atomic mass is 9.97. The number of piperidine rings is 1. The van der Waals surface area contributed by atoms with E-state index in [4.69, 9.17) is 0 Å². The molecule has 0 aliphatic carbocycles. The minimum Gasteiger partial charge on any atom is -0.342 e. The zero-order chi connectivity index (χ0) is 17.0. The van der Waals surface area contributed by atoms with Crippen molar-refractivity contribution in [3.63, 3.8) is 0 Å². The quantitative estimate of drug-likeness (QED) is 0.874. The lowest BCUT2D eigenvalue weighted by Gasteiger charge is -2.33. The number of amides is 1. The molecule has 5 nitrogen and oxygen atoms in total. The zero-order valence-corrected chi connectivity index (χ0v) is 13.7. The summed E-state index contributed by atoms with van der Waals surface area (Å²) in [6.07, 6.45) is 2.47. The molecule has 1 fully saturated rings. The van der Waals surface area contributed by atoms with Gasteiger partial charge in [0.05, 0.1) is 12.7 Å². The SMILES string of the molecule is CS(=O)(=O)NC[C@@H]1CCCN(C(=O)Cc2cc(F)ccc2F)C1. The van der Waals surface area contributed by atoms with Gasteiger partial charge in [-0.3, -0.25) is 4.79 Å². The minimum absolute atomic E-state index is 0.0276. The summed E-state index contributed by atoms with van der Waals surface area (Å²) in [5.41, 5.74) is 0.0337. The molecular formula is C15H20F2N2O3S. The summed E-state index contributed by atoms with van der Waals surface area (Å²) in [6, 6.07) is 3.05. The van der Waals surface area contributed by atoms with E-state index in [1.807, 2.05) is 0 Å². The van der Waals surface area contributed by atoms with E-state index < -0.39 is 21.7 Å². The van der Waals surface area contributed by atoms with Crippen LogP contribution in [0.5, 0.6) is 0 Å². The average Bonchev–Trinajstić information content (AvgIpc) is 2.48. The molecule has 0 aromatic heterocycles. The normalized spacial score (nSPS) is 18.9. The van der Waals surface area contributed by atoms with Crippen LogP contribution in [0.2, 0.25) is 0 Å². The van der Waals surface area contributed by atoms with Gasteiger partial charge in [-0.15, -0.1) is 0 Å². The van der Waals surface area contributed by atoms with E-state index in [0.717, 1.165) is 37.3 Å². The third-order valence-electron chi connectivity index (χ3n) is 3.86. The third-order valence-corrected chi connectivity index (χ3v) is 4.55. The molecule has 0 spiro atoms. The number of nitrogens with zero attached hydrogens (tertiary/aromatic N) is 1. The summed E-state index contributed by atoms with van der Waals surface area (Å²) in [4.78, 5) is 13.9. The average molecular weight is 346 g/mol. The molecule has 8 heteroatoms. The van der Waals surface area contributed by atoms with Crippen LogP contribution >= 0.6 is 0 Å². The predicted octanol–water partition coefficient (Wildman–Crippen LogP) is 1.30. The number of halogens is 2. The van der Waals surface area contributed by atoms with E-state index in [9.17, 15) is 22.0 Å². The summed E-state index contributed by atoms with van der Waals surface area (Å²) in [7, 11) is -3.26. The number of sulfonamides is 1. The Bertz CT molecular complexity index is 679. The number of nitrogens with one attached hydrogen (secondary N) is 1. The summed E-state index contributed by atoms with van der Waals surface area (Å²) in [5, 5.41) is 0. The second-order valence-electron chi connectivity index (χ2n) is 5.88. The van der Waals surface area contributed by atoms with Crippen molar-refractivity contribution in [2.24, 2.45) is 5.92 Å². The van der Waals surface area contributed by atoms with Crippen LogP contribution in [0.1, 0.15) is 18.4 Å². The van der Waals surface area contributed by atoms with Crippen molar-refractivity contribution in [2.45, 2.75) is 19.3 Å². The van der Waals surface area contributed by atoms with Crippen LogP contribution < -0.4 is 4.72 Å². The van der Waals surface area contributed by atoms with Crippen LogP contribution in [0.15, 0.2) is 18.2 Å². The molecule has 2 rings (SSSR count). The van der Waals surface area contributed by atoms with Crippen LogP contribution in [-0.4, -0.2) is 45.1 Å². The summed E-state index contributed by atoms with van der Waals surface area (Å²) in [5.74, 6) is -1.44. The standard InChI is InChI=1S/C15H20F2N2O3S/c1-23(21,22)18-9-11-3-2-6-19(10-11)15(20)8-12-7-13(16)4-5-14(12)17/h4-5,7,11,18H,2-3,6,8-10H2,1H3/t11-/m0/s1. The summed E-state index contributed by atoms with van der Waals surface area (Å²) in [6.45, 7) is 1.24. The van der Waals surface area contributed by atoms with Gasteiger partial charge in [-0.1, -0.05) is 0 Å². The van der Waals surface area contributed by atoms with Crippen molar-refractivity contribution < 1.29 is 22.0 Å². The maximum absolute atomic E-state index is 13.6. The largest absolute Gasteiger partial charge is 0.342 e. The van der Waals surface area contributed by atoms with Gasteiger partial charge in [0.2, 0.25) is 15.9 Å². The van der Waals surface area contributed by atoms with Crippen LogP contribution in [0.25, 0.3) is 0 Å². The zero-order valence-electron chi connectivity index (χ0n) is 12.9. The fourth-order valence-corrected chi connectivity index (χ4v) is 3.22. The molecule has 0 radical (unpaired) electrons. The Labute approximate surface area is 134 Å². The highest BCUT2D eigenvalue weighted by atomic mass is 32.2. The first-order chi connectivity index (χ1) is 10.7. The van der Waals surface area contributed by atoms with E-state index in [-0.39, 0.29) is 30.4 Å². The maximum atomic E-state index is 13.6. The van der Waals surface area contributed by atoms with E-state index in [2.05, 4.69) is 4.72 Å². The van der Waals surface area contributed by atoms with E-state index in [1.165, 1.54) is 0 Å². The Balaban J connectivity index is 1.95. The van der Waals surface area contributed by atoms with Gasteiger partial charge in [-0.2, -0.15) is 0 Å². The molecule has 1 aliphatic heterocycles. The van der Waals surface area contributed by atoms with Gasteiger partial charge in [0, 0.05) is 25.2 Å². The molecule has 1 atom stereocenters.